The summed E-state index contributed by atoms with van der Waals surface area (Å²) >= 11 is 9.81. The largest absolute Gasteiger partial charge is 0.291 e. The zero-order chi connectivity index (χ0) is 13.2. The Bertz CT molecular complexity index is 559. The molecule has 0 N–H and O–H groups in total. The van der Waals surface area contributed by atoms with E-state index in [1.54, 1.807) is 0 Å². The van der Waals surface area contributed by atoms with Crippen molar-refractivity contribution in [1.29, 1.82) is 0 Å². The van der Waals surface area contributed by atoms with Gasteiger partial charge in [-0.05, 0) is 11.1 Å². The van der Waals surface area contributed by atoms with E-state index in [1.807, 2.05) is 54.6 Å². The maximum absolute atomic E-state index is 12.3. The highest BCUT2D eigenvalue weighted by molar-refractivity contribution is 9.40. The summed E-state index contributed by atoms with van der Waals surface area (Å²) in [5.41, 5.74) is 2.61. The van der Waals surface area contributed by atoms with Crippen LogP contribution >= 0.6 is 47.8 Å². The van der Waals surface area contributed by atoms with Crippen LogP contribution in [0.2, 0.25) is 0 Å². The van der Waals surface area contributed by atoms with Crippen molar-refractivity contribution in [3.8, 4) is 11.1 Å². The van der Waals surface area contributed by atoms with E-state index in [4.69, 9.17) is 0 Å². The zero-order valence-corrected chi connectivity index (χ0v) is 14.0. The molecule has 0 heterocycles. The second-order valence-electron chi connectivity index (χ2n) is 3.74. The number of carbonyl (C=O) groups is 1. The lowest BCUT2D eigenvalue weighted by molar-refractivity contribution is 0.101. The molecule has 0 aromatic heterocycles. The highest BCUT2D eigenvalue weighted by Gasteiger charge is 2.31. The van der Waals surface area contributed by atoms with Crippen LogP contribution in [0.5, 0.6) is 0 Å². The Hall–Kier alpha value is -0.450. The van der Waals surface area contributed by atoms with E-state index in [1.165, 1.54) is 0 Å². The van der Waals surface area contributed by atoms with Gasteiger partial charge < -0.3 is 0 Å². The molecule has 0 unspecified atom stereocenters. The number of ketones is 1. The molecule has 0 aliphatic heterocycles. The Morgan fingerprint density at radius 2 is 1.39 bits per heavy atom. The van der Waals surface area contributed by atoms with Gasteiger partial charge in [0.2, 0.25) is 5.78 Å². The van der Waals surface area contributed by atoms with Crippen molar-refractivity contribution in [3.63, 3.8) is 0 Å². The lowest BCUT2D eigenvalue weighted by Gasteiger charge is -2.14. The average Bonchev–Trinajstić information content (AvgIpc) is 2.38. The predicted molar refractivity (Wildman–Crippen MR) is 85.7 cm³/mol. The third-order valence-electron chi connectivity index (χ3n) is 2.51. The third-order valence-corrected chi connectivity index (χ3v) is 3.59. The lowest BCUT2D eigenvalue weighted by Crippen LogP contribution is -2.17. The number of Topliss-reactive ketones (excluding diaryl/α,β-unsaturated/α-hetero) is 1. The summed E-state index contributed by atoms with van der Waals surface area (Å²) in [6.07, 6.45) is 0. The molecule has 92 valence electrons. The molecule has 18 heavy (non-hydrogen) atoms. The summed E-state index contributed by atoms with van der Waals surface area (Å²) in [6.45, 7) is 0. The molecule has 0 radical (unpaired) electrons. The minimum absolute atomic E-state index is 0.0676. The monoisotopic (exact) mass is 430 g/mol. The molecule has 4 heteroatoms. The zero-order valence-electron chi connectivity index (χ0n) is 9.24. The summed E-state index contributed by atoms with van der Waals surface area (Å²) in [5.74, 6) is -0.0676. The molecule has 0 saturated heterocycles. The van der Waals surface area contributed by atoms with E-state index < -0.39 is 2.14 Å². The van der Waals surface area contributed by atoms with Gasteiger partial charge in [0.1, 0.15) is 0 Å². The van der Waals surface area contributed by atoms with Gasteiger partial charge in [-0.25, -0.2) is 0 Å². The van der Waals surface area contributed by atoms with Crippen molar-refractivity contribution in [3.05, 3.63) is 60.2 Å². The molecule has 2 aromatic rings. The molecular formula is C14H9Br3O. The summed E-state index contributed by atoms with van der Waals surface area (Å²) < 4.78 is -0.919. The fourth-order valence-electron chi connectivity index (χ4n) is 1.70. The molecule has 0 aliphatic carbocycles. The molecule has 0 bridgehead atoms. The van der Waals surface area contributed by atoms with Gasteiger partial charge in [-0.1, -0.05) is 102 Å². The molecule has 2 aromatic carbocycles. The van der Waals surface area contributed by atoms with Crippen LogP contribution < -0.4 is 0 Å². The van der Waals surface area contributed by atoms with Crippen molar-refractivity contribution >= 4 is 53.6 Å². The van der Waals surface area contributed by atoms with Gasteiger partial charge in [-0.3, -0.25) is 4.79 Å². The SMILES string of the molecule is O=C(c1ccccc1-c1ccccc1)C(Br)(Br)Br. The van der Waals surface area contributed by atoms with Crippen LogP contribution in [0.4, 0.5) is 0 Å². The second-order valence-corrected chi connectivity index (χ2v) is 10.5. The van der Waals surface area contributed by atoms with Crippen molar-refractivity contribution in [2.45, 2.75) is 2.14 Å². The fraction of sp³-hybridized carbons (Fsp3) is 0.0714. The normalized spacial score (nSPS) is 11.3. The first kappa shape index (κ1) is 14.0. The Labute approximate surface area is 131 Å². The molecular weight excluding hydrogens is 424 g/mol. The second kappa shape index (κ2) is 5.68. The number of carbonyl (C=O) groups excluding carboxylic acids is 1. The molecule has 0 saturated carbocycles. The summed E-state index contributed by atoms with van der Waals surface area (Å²) in [7, 11) is 0. The van der Waals surface area contributed by atoms with E-state index in [-0.39, 0.29) is 5.78 Å². The highest BCUT2D eigenvalue weighted by atomic mass is 80.0. The van der Waals surface area contributed by atoms with E-state index in [2.05, 4.69) is 47.8 Å². The van der Waals surface area contributed by atoms with Gasteiger partial charge in [-0.2, -0.15) is 0 Å². The number of benzene rings is 2. The van der Waals surface area contributed by atoms with Crippen LogP contribution in [-0.4, -0.2) is 7.93 Å². The topological polar surface area (TPSA) is 17.1 Å². The summed E-state index contributed by atoms with van der Waals surface area (Å²) in [6, 6.07) is 17.4. The number of alkyl halides is 3. The molecule has 1 nitrogen and oxygen atoms in total. The summed E-state index contributed by atoms with van der Waals surface area (Å²) in [5, 5.41) is 0. The van der Waals surface area contributed by atoms with Crippen LogP contribution in [0, 0.1) is 0 Å². The Balaban J connectivity index is 2.54. The maximum atomic E-state index is 12.3. The minimum Gasteiger partial charge on any atom is -0.291 e. The third kappa shape index (κ3) is 3.11. The first-order valence-corrected chi connectivity index (χ1v) is 7.64. The smallest absolute Gasteiger partial charge is 0.201 e. The number of hydrogen-bond acceptors (Lipinski definition) is 1. The predicted octanol–water partition coefficient (Wildman–Crippen LogP) is 5.37. The van der Waals surface area contributed by atoms with E-state index in [9.17, 15) is 4.79 Å². The summed E-state index contributed by atoms with van der Waals surface area (Å²) in [4.78, 5) is 12.3. The Morgan fingerprint density at radius 3 is 2.00 bits per heavy atom. The van der Waals surface area contributed by atoms with Gasteiger partial charge >= 0.3 is 0 Å². The van der Waals surface area contributed by atoms with Crippen molar-refractivity contribution in [2.75, 3.05) is 0 Å². The van der Waals surface area contributed by atoms with Crippen molar-refractivity contribution in [2.24, 2.45) is 0 Å². The van der Waals surface area contributed by atoms with Gasteiger partial charge in [0, 0.05) is 5.56 Å². The molecule has 2 rings (SSSR count). The lowest BCUT2D eigenvalue weighted by atomic mass is 9.98. The van der Waals surface area contributed by atoms with Crippen LogP contribution in [0.15, 0.2) is 54.6 Å². The molecule has 0 amide bonds. The first-order valence-electron chi connectivity index (χ1n) is 5.26. The van der Waals surface area contributed by atoms with Gasteiger partial charge in [-0.15, -0.1) is 0 Å². The van der Waals surface area contributed by atoms with Crippen molar-refractivity contribution < 1.29 is 4.79 Å². The van der Waals surface area contributed by atoms with Gasteiger partial charge in [0.05, 0.1) is 0 Å². The molecule has 0 spiro atoms. The quantitative estimate of drug-likeness (QED) is 0.460. The van der Waals surface area contributed by atoms with Crippen LogP contribution in [0.25, 0.3) is 11.1 Å². The molecule has 0 atom stereocenters. The average molecular weight is 433 g/mol. The maximum Gasteiger partial charge on any atom is 0.201 e. The van der Waals surface area contributed by atoms with Crippen LogP contribution in [0.1, 0.15) is 10.4 Å². The van der Waals surface area contributed by atoms with E-state index >= 15 is 0 Å². The molecule has 0 fully saturated rings. The molecule has 0 aliphatic rings. The Kier molecular flexibility index (Phi) is 4.41. The standard InChI is InChI=1S/C14H9Br3O/c15-14(16,17)13(18)12-9-5-4-8-11(12)10-6-2-1-3-7-10/h1-9H. The Morgan fingerprint density at radius 1 is 0.833 bits per heavy atom. The highest BCUT2D eigenvalue weighted by Crippen LogP contribution is 2.39. The number of halogens is 3. The number of hydrogen-bond donors (Lipinski definition) is 0. The van der Waals surface area contributed by atoms with Gasteiger partial charge in [0.25, 0.3) is 0 Å². The van der Waals surface area contributed by atoms with E-state index in [0.717, 1.165) is 11.1 Å². The van der Waals surface area contributed by atoms with Gasteiger partial charge in [0.15, 0.2) is 2.14 Å². The first-order chi connectivity index (χ1) is 8.50. The van der Waals surface area contributed by atoms with Crippen LogP contribution in [-0.2, 0) is 0 Å². The van der Waals surface area contributed by atoms with Crippen molar-refractivity contribution in [1.82, 2.24) is 0 Å². The minimum atomic E-state index is -0.919. The number of rotatable bonds is 2. The van der Waals surface area contributed by atoms with E-state index in [0.29, 0.717) is 5.56 Å². The van der Waals surface area contributed by atoms with Crippen LogP contribution in [0.3, 0.4) is 0 Å². The fourth-order valence-corrected chi connectivity index (χ4v) is 2.34.